The molecule has 0 radical (unpaired) electrons. The molecule has 0 aromatic rings. The summed E-state index contributed by atoms with van der Waals surface area (Å²) >= 11 is 2.00. The minimum absolute atomic E-state index is 0.463. The van der Waals surface area contributed by atoms with Crippen LogP contribution in [0.4, 0.5) is 0 Å². The first-order valence-corrected chi connectivity index (χ1v) is 6.86. The summed E-state index contributed by atoms with van der Waals surface area (Å²) in [6.07, 6.45) is 2.70. The molecule has 2 fully saturated rings. The Morgan fingerprint density at radius 2 is 2.13 bits per heavy atom. The maximum Gasteiger partial charge on any atom is 0.134 e. The zero-order valence-electron chi connectivity index (χ0n) is 9.57. The maximum absolute atomic E-state index is 11.5. The number of hydrogen-bond acceptors (Lipinski definition) is 3. The van der Waals surface area contributed by atoms with Gasteiger partial charge in [-0.15, -0.1) is 11.8 Å². The van der Waals surface area contributed by atoms with Gasteiger partial charge in [0.1, 0.15) is 5.78 Å². The van der Waals surface area contributed by atoms with Crippen molar-refractivity contribution in [2.45, 2.75) is 43.6 Å². The molecule has 1 aliphatic heterocycles. The smallest absolute Gasteiger partial charge is 0.134 e. The lowest BCUT2D eigenvalue weighted by Gasteiger charge is -2.37. The SMILES string of the molecule is CC(C)C1CCC(=O)CC1SC1COC1. The van der Waals surface area contributed by atoms with Crippen LogP contribution in [-0.2, 0) is 9.53 Å². The van der Waals surface area contributed by atoms with E-state index in [1.54, 1.807) is 0 Å². The summed E-state index contributed by atoms with van der Waals surface area (Å²) in [6.45, 7) is 6.34. The molecule has 1 aliphatic carbocycles. The van der Waals surface area contributed by atoms with Crippen molar-refractivity contribution in [1.29, 1.82) is 0 Å². The van der Waals surface area contributed by atoms with E-state index >= 15 is 0 Å². The first-order chi connectivity index (χ1) is 7.16. The molecule has 0 amide bonds. The van der Waals surface area contributed by atoms with Crippen LogP contribution >= 0.6 is 11.8 Å². The third kappa shape index (κ3) is 2.76. The van der Waals surface area contributed by atoms with Gasteiger partial charge in [0.05, 0.1) is 18.5 Å². The van der Waals surface area contributed by atoms with Gasteiger partial charge >= 0.3 is 0 Å². The largest absolute Gasteiger partial charge is 0.379 e. The van der Waals surface area contributed by atoms with Crippen molar-refractivity contribution < 1.29 is 9.53 Å². The number of carbonyl (C=O) groups is 1. The van der Waals surface area contributed by atoms with Crippen LogP contribution in [0.5, 0.6) is 0 Å². The van der Waals surface area contributed by atoms with E-state index in [-0.39, 0.29) is 0 Å². The van der Waals surface area contributed by atoms with Crippen LogP contribution in [0.2, 0.25) is 0 Å². The van der Waals surface area contributed by atoms with E-state index in [0.717, 1.165) is 38.4 Å². The second kappa shape index (κ2) is 4.88. The lowest BCUT2D eigenvalue weighted by Crippen LogP contribution is -2.37. The fourth-order valence-electron chi connectivity index (χ4n) is 2.44. The molecule has 2 nitrogen and oxygen atoms in total. The number of ether oxygens (including phenoxy) is 1. The number of carbonyl (C=O) groups excluding carboxylic acids is 1. The summed E-state index contributed by atoms with van der Waals surface area (Å²) < 4.78 is 5.19. The van der Waals surface area contributed by atoms with E-state index in [1.807, 2.05) is 11.8 Å². The Labute approximate surface area is 96.1 Å². The summed E-state index contributed by atoms with van der Waals surface area (Å²) in [5, 5.41) is 1.21. The molecule has 15 heavy (non-hydrogen) atoms. The highest BCUT2D eigenvalue weighted by atomic mass is 32.2. The Morgan fingerprint density at radius 1 is 1.40 bits per heavy atom. The molecule has 0 bridgehead atoms. The molecule has 1 saturated heterocycles. The fraction of sp³-hybridized carbons (Fsp3) is 0.917. The molecule has 0 N–H and O–H groups in total. The Bertz CT molecular complexity index is 236. The van der Waals surface area contributed by atoms with Crippen molar-refractivity contribution in [2.24, 2.45) is 11.8 Å². The zero-order valence-corrected chi connectivity index (χ0v) is 10.4. The van der Waals surface area contributed by atoms with Crippen LogP contribution in [0.3, 0.4) is 0 Å². The van der Waals surface area contributed by atoms with Crippen molar-refractivity contribution in [3.8, 4) is 0 Å². The molecule has 3 heteroatoms. The van der Waals surface area contributed by atoms with Gasteiger partial charge in [-0.05, 0) is 18.3 Å². The molecular weight excluding hydrogens is 208 g/mol. The molecule has 2 aliphatic rings. The summed E-state index contributed by atoms with van der Waals surface area (Å²) in [6, 6.07) is 0. The maximum atomic E-state index is 11.5. The Morgan fingerprint density at radius 3 is 2.67 bits per heavy atom. The Kier molecular flexibility index (Phi) is 3.73. The normalized spacial score (nSPS) is 33.1. The quantitative estimate of drug-likeness (QED) is 0.742. The zero-order chi connectivity index (χ0) is 10.8. The summed E-state index contributed by atoms with van der Waals surface area (Å²) in [7, 11) is 0. The van der Waals surface area contributed by atoms with Crippen LogP contribution < -0.4 is 0 Å². The van der Waals surface area contributed by atoms with Gasteiger partial charge < -0.3 is 4.74 Å². The Hall–Kier alpha value is -0.0200. The van der Waals surface area contributed by atoms with Crippen LogP contribution in [0.1, 0.15) is 33.1 Å². The fourth-order valence-corrected chi connectivity index (χ4v) is 4.22. The van der Waals surface area contributed by atoms with Crippen molar-refractivity contribution in [3.63, 3.8) is 0 Å². The number of Topliss-reactive ketones (excluding diaryl/α,β-unsaturated/α-hetero) is 1. The molecule has 1 heterocycles. The van der Waals surface area contributed by atoms with Gasteiger partial charge in [-0.25, -0.2) is 0 Å². The number of rotatable bonds is 3. The monoisotopic (exact) mass is 228 g/mol. The van der Waals surface area contributed by atoms with E-state index < -0.39 is 0 Å². The summed E-state index contributed by atoms with van der Waals surface area (Å²) in [5.74, 6) is 1.90. The molecular formula is C12H20O2S. The van der Waals surface area contributed by atoms with Gasteiger partial charge in [0.15, 0.2) is 0 Å². The molecule has 2 rings (SSSR count). The molecule has 2 unspecified atom stereocenters. The highest BCUT2D eigenvalue weighted by molar-refractivity contribution is 8.00. The van der Waals surface area contributed by atoms with Crippen molar-refractivity contribution in [2.75, 3.05) is 13.2 Å². The third-order valence-corrected chi connectivity index (χ3v) is 5.02. The minimum Gasteiger partial charge on any atom is -0.379 e. The molecule has 86 valence electrons. The van der Waals surface area contributed by atoms with Crippen molar-refractivity contribution in [3.05, 3.63) is 0 Å². The van der Waals surface area contributed by atoms with E-state index in [1.165, 1.54) is 0 Å². The summed E-state index contributed by atoms with van der Waals surface area (Å²) in [5.41, 5.74) is 0. The van der Waals surface area contributed by atoms with Crippen molar-refractivity contribution in [1.82, 2.24) is 0 Å². The van der Waals surface area contributed by atoms with Crippen LogP contribution in [0.15, 0.2) is 0 Å². The van der Waals surface area contributed by atoms with E-state index in [4.69, 9.17) is 4.74 Å². The predicted molar refractivity (Wildman–Crippen MR) is 63.2 cm³/mol. The molecule has 1 saturated carbocycles. The van der Waals surface area contributed by atoms with E-state index in [2.05, 4.69) is 13.8 Å². The molecule has 0 spiro atoms. The van der Waals surface area contributed by atoms with E-state index in [9.17, 15) is 4.79 Å². The van der Waals surface area contributed by atoms with E-state index in [0.29, 0.717) is 22.2 Å². The second-order valence-corrected chi connectivity index (χ2v) is 6.57. The molecule has 0 aromatic heterocycles. The summed E-state index contributed by atoms with van der Waals surface area (Å²) in [4.78, 5) is 11.5. The highest BCUT2D eigenvalue weighted by Gasteiger charge is 2.34. The second-order valence-electron chi connectivity index (χ2n) is 5.02. The first kappa shape index (κ1) is 11.5. The van der Waals surface area contributed by atoms with Crippen LogP contribution in [0.25, 0.3) is 0 Å². The van der Waals surface area contributed by atoms with Gasteiger partial charge in [-0.3, -0.25) is 4.79 Å². The first-order valence-electron chi connectivity index (χ1n) is 5.91. The predicted octanol–water partition coefficient (Wildman–Crippen LogP) is 2.51. The standard InChI is InChI=1S/C12H20O2S/c1-8(2)11-4-3-9(13)5-12(11)15-10-6-14-7-10/h8,10-12H,3-7H2,1-2H3. The van der Waals surface area contributed by atoms with Crippen LogP contribution in [-0.4, -0.2) is 29.5 Å². The Balaban J connectivity index is 1.92. The lowest BCUT2D eigenvalue weighted by atomic mass is 9.81. The highest BCUT2D eigenvalue weighted by Crippen LogP contribution is 2.39. The average molecular weight is 228 g/mol. The molecule has 2 atom stereocenters. The number of thioether (sulfide) groups is 1. The number of ketones is 1. The lowest BCUT2D eigenvalue weighted by molar-refractivity contribution is -0.121. The number of hydrogen-bond donors (Lipinski definition) is 0. The third-order valence-electron chi connectivity index (χ3n) is 3.49. The van der Waals surface area contributed by atoms with Crippen molar-refractivity contribution >= 4 is 17.5 Å². The average Bonchev–Trinajstić information content (AvgIpc) is 2.11. The van der Waals surface area contributed by atoms with Gasteiger partial charge in [-0.2, -0.15) is 0 Å². The van der Waals surface area contributed by atoms with Gasteiger partial charge in [0.25, 0.3) is 0 Å². The topological polar surface area (TPSA) is 26.3 Å². The van der Waals surface area contributed by atoms with Gasteiger partial charge in [0, 0.05) is 18.1 Å². The van der Waals surface area contributed by atoms with Crippen LogP contribution in [0, 0.1) is 11.8 Å². The van der Waals surface area contributed by atoms with Gasteiger partial charge in [-0.1, -0.05) is 13.8 Å². The minimum atomic E-state index is 0.463. The van der Waals surface area contributed by atoms with Gasteiger partial charge in [0.2, 0.25) is 0 Å². The molecule has 0 aromatic carbocycles.